The number of hydrogen-bond donors (Lipinski definition) is 3. The van der Waals surface area contributed by atoms with Gasteiger partial charge in [-0.1, -0.05) is 19.1 Å². The summed E-state index contributed by atoms with van der Waals surface area (Å²) in [6.07, 6.45) is 2.41. The topological polar surface area (TPSA) is 97.5 Å². The summed E-state index contributed by atoms with van der Waals surface area (Å²) in [5.41, 5.74) is 9.17. The quantitative estimate of drug-likeness (QED) is 0.270. The van der Waals surface area contributed by atoms with Gasteiger partial charge in [0.1, 0.15) is 22.7 Å². The van der Waals surface area contributed by atoms with E-state index in [9.17, 15) is 10.4 Å². The molecule has 2 aromatic heterocycles. The fraction of sp³-hybridized carbons (Fsp3) is 0.174. The van der Waals surface area contributed by atoms with E-state index in [4.69, 9.17) is 4.74 Å². The largest absolute Gasteiger partial charge is 0.504 e. The minimum absolute atomic E-state index is 0.0784. The summed E-state index contributed by atoms with van der Waals surface area (Å²) in [4.78, 5) is 3.36. The Morgan fingerprint density at radius 3 is 2.83 bits per heavy atom. The molecule has 0 amide bonds. The normalized spacial score (nSPS) is 11.3. The molecule has 2 heterocycles. The molecular formula is C23H22N5O2+. The number of hydrazone groups is 1. The molecule has 30 heavy (non-hydrogen) atoms. The summed E-state index contributed by atoms with van der Waals surface area (Å²) < 4.78 is 7.16. The minimum atomic E-state index is 0.0784. The molecule has 0 aliphatic heterocycles. The Hall–Kier alpha value is -4.05. The summed E-state index contributed by atoms with van der Waals surface area (Å²) >= 11 is 0. The van der Waals surface area contributed by atoms with Crippen LogP contribution in [0.1, 0.15) is 29.2 Å². The third-order valence-corrected chi connectivity index (χ3v) is 5.25. The predicted octanol–water partition coefficient (Wildman–Crippen LogP) is 3.81. The second-order valence-corrected chi connectivity index (χ2v) is 6.92. The van der Waals surface area contributed by atoms with Gasteiger partial charge in [0.15, 0.2) is 11.5 Å². The number of H-pyrrole nitrogens is 1. The van der Waals surface area contributed by atoms with Crippen LogP contribution in [0.2, 0.25) is 0 Å². The smallest absolute Gasteiger partial charge is 0.253 e. The number of aromatic amines is 1. The Morgan fingerprint density at radius 1 is 1.30 bits per heavy atom. The molecule has 2 aromatic carbocycles. The van der Waals surface area contributed by atoms with Gasteiger partial charge in [-0.05, 0) is 54.8 Å². The van der Waals surface area contributed by atoms with E-state index in [1.807, 2.05) is 35.6 Å². The van der Waals surface area contributed by atoms with Gasteiger partial charge in [0.05, 0.1) is 13.3 Å². The van der Waals surface area contributed by atoms with Gasteiger partial charge in [0.25, 0.3) is 5.82 Å². The number of pyridine rings is 1. The zero-order valence-electron chi connectivity index (χ0n) is 17.0. The number of nitriles is 1. The number of nitrogens with one attached hydrogen (secondary N) is 2. The van der Waals surface area contributed by atoms with E-state index in [2.05, 4.69) is 28.5 Å². The standard InChI is InChI=1S/C23H21N5O2/c1-4-16-14(2)17(12-24)22-26-18-7-5-6-8-19(18)28(22)23(16)27-25-13-15-9-10-20(29)21(11-15)30-3/h5-11,13H,4H2,1-3H3,(H2,25,26,27,29)/p+1. The average Bonchev–Trinajstić information content (AvgIpc) is 3.14. The number of anilines is 1. The highest BCUT2D eigenvalue weighted by molar-refractivity contribution is 5.82. The molecule has 0 saturated heterocycles. The van der Waals surface area contributed by atoms with Crippen LogP contribution in [0.4, 0.5) is 5.82 Å². The second kappa shape index (κ2) is 7.76. The van der Waals surface area contributed by atoms with E-state index in [-0.39, 0.29) is 5.75 Å². The lowest BCUT2D eigenvalue weighted by molar-refractivity contribution is -0.465. The van der Waals surface area contributed by atoms with Gasteiger partial charge in [-0.3, -0.25) is 4.98 Å². The third kappa shape index (κ3) is 3.08. The number of benzene rings is 2. The molecule has 0 fully saturated rings. The first-order chi connectivity index (χ1) is 14.6. The molecule has 0 bridgehead atoms. The van der Waals surface area contributed by atoms with Crippen LogP contribution >= 0.6 is 0 Å². The van der Waals surface area contributed by atoms with Gasteiger partial charge in [-0.25, -0.2) is 0 Å². The Bertz CT molecular complexity index is 1330. The van der Waals surface area contributed by atoms with E-state index < -0.39 is 0 Å². The lowest BCUT2D eigenvalue weighted by Crippen LogP contribution is -2.28. The van der Waals surface area contributed by atoms with E-state index in [0.29, 0.717) is 11.3 Å². The number of fused-ring (bicyclic) bond motifs is 3. The van der Waals surface area contributed by atoms with Gasteiger partial charge in [-0.2, -0.15) is 15.1 Å². The molecule has 0 atom stereocenters. The monoisotopic (exact) mass is 400 g/mol. The molecule has 4 rings (SSSR count). The fourth-order valence-corrected chi connectivity index (χ4v) is 3.76. The van der Waals surface area contributed by atoms with Crippen molar-refractivity contribution in [2.75, 3.05) is 12.5 Å². The van der Waals surface area contributed by atoms with Crippen molar-refractivity contribution in [2.45, 2.75) is 20.3 Å². The van der Waals surface area contributed by atoms with E-state index in [0.717, 1.165) is 45.6 Å². The molecule has 0 saturated carbocycles. The summed E-state index contributed by atoms with van der Waals surface area (Å²) in [6, 6.07) is 15.3. The highest BCUT2D eigenvalue weighted by atomic mass is 16.5. The van der Waals surface area contributed by atoms with E-state index in [1.165, 1.54) is 7.11 Å². The zero-order valence-corrected chi connectivity index (χ0v) is 17.0. The van der Waals surface area contributed by atoms with Crippen molar-refractivity contribution in [3.05, 3.63) is 64.7 Å². The van der Waals surface area contributed by atoms with Gasteiger partial charge in [0.2, 0.25) is 5.65 Å². The number of hydrogen-bond acceptors (Lipinski definition) is 5. The molecule has 0 radical (unpaired) electrons. The minimum Gasteiger partial charge on any atom is -0.504 e. The Labute approximate surface area is 173 Å². The summed E-state index contributed by atoms with van der Waals surface area (Å²) in [6.45, 7) is 4.02. The number of rotatable bonds is 5. The summed E-state index contributed by atoms with van der Waals surface area (Å²) in [5.74, 6) is 1.27. The van der Waals surface area contributed by atoms with Gasteiger partial charge < -0.3 is 9.84 Å². The number of methoxy groups -OCH3 is 1. The number of para-hydroxylation sites is 2. The van der Waals surface area contributed by atoms with Crippen LogP contribution < -0.4 is 14.6 Å². The van der Waals surface area contributed by atoms with Gasteiger partial charge >= 0.3 is 0 Å². The van der Waals surface area contributed by atoms with Crippen LogP contribution in [0.5, 0.6) is 11.5 Å². The highest BCUT2D eigenvalue weighted by Gasteiger charge is 2.24. The molecule has 3 N–H and O–H groups in total. The van der Waals surface area contributed by atoms with Crippen molar-refractivity contribution in [3.63, 3.8) is 0 Å². The van der Waals surface area contributed by atoms with Crippen LogP contribution in [0, 0.1) is 18.3 Å². The number of aromatic nitrogens is 2. The Morgan fingerprint density at radius 2 is 2.10 bits per heavy atom. The SMILES string of the molecule is CCc1c(C)c(C#N)c2[nH]c3ccccc3[n+]2c1NN=Cc1ccc(O)c(OC)c1. The van der Waals surface area contributed by atoms with E-state index >= 15 is 0 Å². The van der Waals surface area contributed by atoms with Crippen LogP contribution in [0.15, 0.2) is 47.6 Å². The average molecular weight is 400 g/mol. The third-order valence-electron chi connectivity index (χ3n) is 5.25. The number of imidazole rings is 1. The molecule has 0 aliphatic rings. The molecule has 0 spiro atoms. The molecule has 0 unspecified atom stereocenters. The van der Waals surface area contributed by atoms with Crippen molar-refractivity contribution >= 4 is 28.7 Å². The van der Waals surface area contributed by atoms with Gasteiger partial charge in [0, 0.05) is 5.56 Å². The maximum Gasteiger partial charge on any atom is 0.253 e. The maximum atomic E-state index is 9.78. The lowest BCUT2D eigenvalue weighted by atomic mass is 10.0. The molecule has 7 heteroatoms. The number of ether oxygens (including phenoxy) is 1. The van der Waals surface area contributed by atoms with Crippen molar-refractivity contribution < 1.29 is 14.2 Å². The molecule has 7 nitrogen and oxygen atoms in total. The van der Waals surface area contributed by atoms with Crippen LogP contribution in [0.3, 0.4) is 0 Å². The zero-order chi connectivity index (χ0) is 21.3. The number of nitrogens with zero attached hydrogens (tertiary/aromatic N) is 3. The number of aromatic hydroxyl groups is 1. The van der Waals surface area contributed by atoms with Crippen molar-refractivity contribution in [2.24, 2.45) is 5.10 Å². The van der Waals surface area contributed by atoms with E-state index in [1.54, 1.807) is 24.4 Å². The van der Waals surface area contributed by atoms with Crippen molar-refractivity contribution in [3.8, 4) is 17.6 Å². The fourth-order valence-electron chi connectivity index (χ4n) is 3.76. The summed E-state index contributed by atoms with van der Waals surface area (Å²) in [5, 5.41) is 24.0. The number of phenols is 1. The van der Waals surface area contributed by atoms with Crippen molar-refractivity contribution in [1.29, 1.82) is 5.26 Å². The van der Waals surface area contributed by atoms with Crippen molar-refractivity contribution in [1.82, 2.24) is 4.98 Å². The lowest BCUT2D eigenvalue weighted by Gasteiger charge is -2.10. The molecule has 4 aromatic rings. The first kappa shape index (κ1) is 19.3. The van der Waals surface area contributed by atoms with Gasteiger partial charge in [-0.15, -0.1) is 5.10 Å². The first-order valence-electron chi connectivity index (χ1n) is 9.63. The Kier molecular flexibility index (Phi) is 4.98. The number of phenolic OH excluding ortho intramolecular Hbond substituents is 1. The second-order valence-electron chi connectivity index (χ2n) is 6.92. The predicted molar refractivity (Wildman–Crippen MR) is 116 cm³/mol. The maximum absolute atomic E-state index is 9.78. The van der Waals surface area contributed by atoms with Crippen LogP contribution in [-0.4, -0.2) is 23.4 Å². The molecular weight excluding hydrogens is 378 g/mol. The first-order valence-corrected chi connectivity index (χ1v) is 9.63. The highest BCUT2D eigenvalue weighted by Crippen LogP contribution is 2.27. The molecule has 150 valence electrons. The molecule has 0 aliphatic carbocycles. The van der Waals surface area contributed by atoms with Crippen LogP contribution in [0.25, 0.3) is 16.7 Å². The van der Waals surface area contributed by atoms with Crippen LogP contribution in [-0.2, 0) is 6.42 Å². The Balaban J connectivity index is 1.86. The summed E-state index contributed by atoms with van der Waals surface area (Å²) in [7, 11) is 1.51.